The summed E-state index contributed by atoms with van der Waals surface area (Å²) in [7, 11) is 2.86. The maximum Gasteiger partial charge on any atom is 0.276 e. The molecule has 0 fully saturated rings. The maximum atomic E-state index is 14.1. The van der Waals surface area contributed by atoms with Crippen LogP contribution in [0.3, 0.4) is 0 Å². The number of methoxy groups -OCH3 is 2. The van der Waals surface area contributed by atoms with E-state index < -0.39 is 11.7 Å². The predicted octanol–water partition coefficient (Wildman–Crippen LogP) is 1.89. The Kier molecular flexibility index (Phi) is 5.63. The lowest BCUT2D eigenvalue weighted by atomic mass is 10.1. The van der Waals surface area contributed by atoms with Gasteiger partial charge in [0.1, 0.15) is 0 Å². The molecule has 0 unspecified atom stereocenters. The summed E-state index contributed by atoms with van der Waals surface area (Å²) in [5.41, 5.74) is 2.02. The highest BCUT2D eigenvalue weighted by molar-refractivity contribution is 6.04. The van der Waals surface area contributed by atoms with Crippen LogP contribution in [0.15, 0.2) is 12.1 Å². The molecule has 9 heteroatoms. The fourth-order valence-corrected chi connectivity index (χ4v) is 2.54. The van der Waals surface area contributed by atoms with Gasteiger partial charge in [-0.05, 0) is 0 Å². The van der Waals surface area contributed by atoms with Crippen LogP contribution in [-0.2, 0) is 13.0 Å². The molecule has 1 aliphatic rings. The first-order chi connectivity index (χ1) is 11.1. The largest absolute Gasteiger partial charge is 0.493 e. The van der Waals surface area contributed by atoms with Crippen molar-refractivity contribution in [2.45, 2.75) is 13.0 Å². The van der Waals surface area contributed by atoms with Gasteiger partial charge in [-0.3, -0.25) is 9.89 Å². The number of amides is 1. The molecular formula is C15H18ClFN4O3. The van der Waals surface area contributed by atoms with E-state index in [0.717, 1.165) is 30.3 Å². The van der Waals surface area contributed by atoms with Gasteiger partial charge < -0.3 is 20.1 Å². The van der Waals surface area contributed by atoms with Crippen LogP contribution in [0.4, 0.5) is 10.1 Å². The highest BCUT2D eigenvalue weighted by Gasteiger charge is 2.23. The van der Waals surface area contributed by atoms with E-state index in [1.807, 2.05) is 0 Å². The minimum Gasteiger partial charge on any atom is -0.493 e. The first-order valence-electron chi connectivity index (χ1n) is 7.13. The Labute approximate surface area is 144 Å². The van der Waals surface area contributed by atoms with Crippen LogP contribution in [0.2, 0.25) is 0 Å². The second-order valence-electron chi connectivity index (χ2n) is 5.10. The number of aromatic amines is 1. The number of benzene rings is 1. The van der Waals surface area contributed by atoms with E-state index in [-0.39, 0.29) is 29.5 Å². The van der Waals surface area contributed by atoms with Gasteiger partial charge in [-0.15, -0.1) is 12.4 Å². The second-order valence-corrected chi connectivity index (χ2v) is 5.10. The van der Waals surface area contributed by atoms with Crippen LogP contribution in [-0.4, -0.2) is 36.9 Å². The van der Waals surface area contributed by atoms with E-state index in [1.165, 1.54) is 20.3 Å². The number of nitrogens with zero attached hydrogens (tertiary/aromatic N) is 1. The molecule has 24 heavy (non-hydrogen) atoms. The Hall–Kier alpha value is -2.32. The fraction of sp³-hybridized carbons (Fsp3) is 0.333. The third-order valence-electron chi connectivity index (χ3n) is 3.74. The molecule has 1 amide bonds. The number of aromatic nitrogens is 2. The van der Waals surface area contributed by atoms with E-state index in [2.05, 4.69) is 20.8 Å². The van der Waals surface area contributed by atoms with Gasteiger partial charge in [0.15, 0.2) is 23.0 Å². The zero-order chi connectivity index (χ0) is 16.4. The lowest BCUT2D eigenvalue weighted by Gasteiger charge is -2.14. The molecule has 0 aliphatic carbocycles. The highest BCUT2D eigenvalue weighted by atomic mass is 35.5. The Morgan fingerprint density at radius 1 is 1.29 bits per heavy atom. The van der Waals surface area contributed by atoms with Crippen molar-refractivity contribution in [2.75, 3.05) is 26.1 Å². The quantitative estimate of drug-likeness (QED) is 0.778. The van der Waals surface area contributed by atoms with Crippen LogP contribution in [0.1, 0.15) is 21.7 Å². The minimum atomic E-state index is -0.612. The predicted molar refractivity (Wildman–Crippen MR) is 88.7 cm³/mol. The number of anilines is 1. The van der Waals surface area contributed by atoms with Gasteiger partial charge in [0.25, 0.3) is 5.91 Å². The molecule has 0 saturated heterocycles. The molecule has 2 heterocycles. The van der Waals surface area contributed by atoms with Gasteiger partial charge in [0.05, 0.1) is 19.9 Å². The number of rotatable bonds is 4. The molecule has 0 spiro atoms. The molecule has 7 nitrogen and oxygen atoms in total. The summed E-state index contributed by atoms with van der Waals surface area (Å²) in [5, 5.41) is 12.6. The normalized spacial score (nSPS) is 12.8. The smallest absolute Gasteiger partial charge is 0.276 e. The number of hydrogen-bond donors (Lipinski definition) is 3. The Morgan fingerprint density at radius 2 is 2.00 bits per heavy atom. The van der Waals surface area contributed by atoms with E-state index in [0.29, 0.717) is 12.3 Å². The van der Waals surface area contributed by atoms with Crippen molar-refractivity contribution in [3.63, 3.8) is 0 Å². The summed E-state index contributed by atoms with van der Waals surface area (Å²) in [4.78, 5) is 12.4. The zero-order valence-electron chi connectivity index (χ0n) is 13.2. The van der Waals surface area contributed by atoms with Crippen molar-refractivity contribution in [1.82, 2.24) is 15.5 Å². The van der Waals surface area contributed by atoms with Gasteiger partial charge in [0.2, 0.25) is 0 Å². The molecule has 0 bridgehead atoms. The summed E-state index contributed by atoms with van der Waals surface area (Å²) < 4.78 is 24.2. The second kappa shape index (κ2) is 7.50. The fourth-order valence-electron chi connectivity index (χ4n) is 2.54. The average molecular weight is 357 g/mol. The standard InChI is InChI=1S/C15H17FN4O3.ClH/c1-22-12-5-9(16)11(6-13(12)23-2)18-15(21)14-8-7-17-4-3-10(8)19-20-14;/h5-6,17H,3-4,7H2,1-2H3,(H,18,21)(H,19,20);1H. The monoisotopic (exact) mass is 356 g/mol. The molecule has 1 aromatic carbocycles. The van der Waals surface area contributed by atoms with Crippen LogP contribution in [0, 0.1) is 5.82 Å². The van der Waals surface area contributed by atoms with Crippen LogP contribution >= 0.6 is 12.4 Å². The minimum absolute atomic E-state index is 0. The highest BCUT2D eigenvalue weighted by Crippen LogP contribution is 2.32. The van der Waals surface area contributed by atoms with Crippen molar-refractivity contribution in [3.8, 4) is 11.5 Å². The van der Waals surface area contributed by atoms with Gasteiger partial charge >= 0.3 is 0 Å². The number of ether oxygens (including phenoxy) is 2. The van der Waals surface area contributed by atoms with Crippen molar-refractivity contribution in [3.05, 3.63) is 34.9 Å². The third-order valence-corrected chi connectivity index (χ3v) is 3.74. The van der Waals surface area contributed by atoms with E-state index >= 15 is 0 Å². The molecule has 1 aromatic heterocycles. The van der Waals surface area contributed by atoms with Crippen molar-refractivity contribution in [2.24, 2.45) is 0 Å². The number of hydrogen-bond acceptors (Lipinski definition) is 5. The molecule has 2 aromatic rings. The number of carbonyl (C=O) groups is 1. The molecule has 130 valence electrons. The van der Waals surface area contributed by atoms with Crippen molar-refractivity contribution < 1.29 is 18.7 Å². The summed E-state index contributed by atoms with van der Waals surface area (Å²) in [6.07, 6.45) is 0.778. The Bertz CT molecular complexity index is 751. The summed E-state index contributed by atoms with van der Waals surface area (Å²) in [5.74, 6) is -0.505. The Balaban J connectivity index is 0.00000208. The molecule has 3 N–H and O–H groups in total. The number of carbonyl (C=O) groups excluding carboxylic acids is 1. The van der Waals surface area contributed by atoms with Crippen molar-refractivity contribution >= 4 is 24.0 Å². The summed E-state index contributed by atoms with van der Waals surface area (Å²) in [6.45, 7) is 1.39. The number of nitrogens with one attached hydrogen (secondary N) is 3. The summed E-state index contributed by atoms with van der Waals surface area (Å²) in [6, 6.07) is 2.54. The average Bonchev–Trinajstić information content (AvgIpc) is 3.00. The van der Waals surface area contributed by atoms with Crippen molar-refractivity contribution in [1.29, 1.82) is 0 Å². The number of fused-ring (bicyclic) bond motifs is 1. The van der Waals surface area contributed by atoms with Gasteiger partial charge in [-0.1, -0.05) is 0 Å². The molecular weight excluding hydrogens is 339 g/mol. The van der Waals surface area contributed by atoms with Gasteiger partial charge in [0, 0.05) is 42.9 Å². The van der Waals surface area contributed by atoms with E-state index in [4.69, 9.17) is 9.47 Å². The lowest BCUT2D eigenvalue weighted by Crippen LogP contribution is -2.25. The first kappa shape index (κ1) is 18.0. The Morgan fingerprint density at radius 3 is 2.71 bits per heavy atom. The van der Waals surface area contributed by atoms with Crippen LogP contribution in [0.5, 0.6) is 11.5 Å². The maximum absolute atomic E-state index is 14.1. The lowest BCUT2D eigenvalue weighted by molar-refractivity contribution is 0.102. The SMILES string of the molecule is COc1cc(F)c(NC(=O)c2n[nH]c3c2CNCC3)cc1OC.Cl. The van der Waals surface area contributed by atoms with Crippen LogP contribution < -0.4 is 20.1 Å². The van der Waals surface area contributed by atoms with E-state index in [1.54, 1.807) is 0 Å². The van der Waals surface area contributed by atoms with Gasteiger partial charge in [-0.25, -0.2) is 4.39 Å². The molecule has 3 rings (SSSR count). The summed E-state index contributed by atoms with van der Waals surface area (Å²) >= 11 is 0. The number of halogens is 2. The number of H-pyrrole nitrogens is 1. The molecule has 1 aliphatic heterocycles. The van der Waals surface area contributed by atoms with E-state index in [9.17, 15) is 9.18 Å². The first-order valence-corrected chi connectivity index (χ1v) is 7.13. The topological polar surface area (TPSA) is 88.3 Å². The zero-order valence-corrected chi connectivity index (χ0v) is 14.1. The third kappa shape index (κ3) is 3.29. The van der Waals surface area contributed by atoms with Gasteiger partial charge in [-0.2, -0.15) is 5.10 Å². The van der Waals surface area contributed by atoms with Crippen LogP contribution in [0.25, 0.3) is 0 Å². The molecule has 0 saturated carbocycles. The molecule has 0 atom stereocenters. The molecule has 0 radical (unpaired) electrons.